The van der Waals surface area contributed by atoms with Gasteiger partial charge in [-0.25, -0.2) is 0 Å². The lowest BCUT2D eigenvalue weighted by Gasteiger charge is -2.09. The molecule has 0 aliphatic carbocycles. The number of rotatable bonds is 9. The van der Waals surface area contributed by atoms with E-state index < -0.39 is 5.97 Å². The fraction of sp³-hybridized carbons (Fsp3) is 0.412. The van der Waals surface area contributed by atoms with Crippen molar-refractivity contribution >= 4 is 5.97 Å². The summed E-state index contributed by atoms with van der Waals surface area (Å²) in [5, 5.41) is 25.8. The standard InChI is InChI=1S/C17H22N2O4/c1-2-3-4-9-23-13-6-7-14(15(20)10-13)17-12(11-18-19-17)5-8-16(21)22/h6-7,10-11,20H,2-5,8-9H2,1H3,(H,18,19)(H,21,22). The van der Waals surface area contributed by atoms with Crippen molar-refractivity contribution in [2.24, 2.45) is 0 Å². The van der Waals surface area contributed by atoms with Crippen LogP contribution in [-0.4, -0.2) is 33.0 Å². The van der Waals surface area contributed by atoms with Gasteiger partial charge in [0, 0.05) is 18.1 Å². The number of H-pyrrole nitrogens is 1. The van der Waals surface area contributed by atoms with Crippen LogP contribution in [-0.2, 0) is 11.2 Å². The number of carboxylic acid groups (broad SMARTS) is 1. The van der Waals surface area contributed by atoms with Gasteiger partial charge in [0.1, 0.15) is 11.5 Å². The van der Waals surface area contributed by atoms with Crippen molar-refractivity contribution in [2.75, 3.05) is 6.61 Å². The van der Waals surface area contributed by atoms with Crippen LogP contribution >= 0.6 is 0 Å². The number of carboxylic acids is 1. The summed E-state index contributed by atoms with van der Waals surface area (Å²) >= 11 is 0. The number of aromatic amines is 1. The van der Waals surface area contributed by atoms with Gasteiger partial charge in [0.05, 0.1) is 18.5 Å². The van der Waals surface area contributed by atoms with Gasteiger partial charge in [-0.15, -0.1) is 0 Å². The summed E-state index contributed by atoms with van der Waals surface area (Å²) in [5.41, 5.74) is 1.99. The van der Waals surface area contributed by atoms with E-state index in [4.69, 9.17) is 9.84 Å². The first kappa shape index (κ1) is 16.9. The SMILES string of the molecule is CCCCCOc1ccc(-c2[nH]ncc2CCC(=O)O)c(O)c1. The Hall–Kier alpha value is -2.50. The highest BCUT2D eigenvalue weighted by atomic mass is 16.5. The van der Waals surface area contributed by atoms with E-state index in [0.717, 1.165) is 24.8 Å². The second-order valence-electron chi connectivity index (χ2n) is 5.40. The molecule has 0 aliphatic heterocycles. The third-order valence-corrected chi connectivity index (χ3v) is 3.58. The maximum atomic E-state index is 10.7. The van der Waals surface area contributed by atoms with E-state index in [1.54, 1.807) is 24.4 Å². The highest BCUT2D eigenvalue weighted by molar-refractivity contribution is 5.72. The number of phenols is 1. The van der Waals surface area contributed by atoms with Gasteiger partial charge < -0.3 is 14.9 Å². The number of nitrogens with one attached hydrogen (secondary N) is 1. The van der Waals surface area contributed by atoms with E-state index in [-0.39, 0.29) is 12.2 Å². The number of hydrogen-bond acceptors (Lipinski definition) is 4. The number of aliphatic carboxylic acids is 1. The van der Waals surface area contributed by atoms with Crippen molar-refractivity contribution < 1.29 is 19.7 Å². The van der Waals surface area contributed by atoms with E-state index in [1.807, 2.05) is 0 Å². The first-order valence-corrected chi connectivity index (χ1v) is 7.82. The Morgan fingerprint density at radius 3 is 2.87 bits per heavy atom. The Kier molecular flexibility index (Phi) is 6.02. The number of hydrogen-bond donors (Lipinski definition) is 3. The molecule has 0 saturated carbocycles. The smallest absolute Gasteiger partial charge is 0.303 e. The van der Waals surface area contributed by atoms with Crippen molar-refractivity contribution in [2.45, 2.75) is 39.0 Å². The number of benzene rings is 1. The average molecular weight is 318 g/mol. The lowest BCUT2D eigenvalue weighted by atomic mass is 10.0. The molecule has 0 aliphatic rings. The van der Waals surface area contributed by atoms with Crippen LogP contribution < -0.4 is 4.74 Å². The van der Waals surface area contributed by atoms with Crippen LogP contribution in [0.25, 0.3) is 11.3 Å². The molecule has 6 heteroatoms. The van der Waals surface area contributed by atoms with E-state index in [2.05, 4.69) is 17.1 Å². The van der Waals surface area contributed by atoms with Gasteiger partial charge in [0.15, 0.2) is 0 Å². The Morgan fingerprint density at radius 1 is 1.35 bits per heavy atom. The second-order valence-corrected chi connectivity index (χ2v) is 5.40. The molecule has 2 aromatic rings. The van der Waals surface area contributed by atoms with Crippen molar-refractivity contribution in [3.05, 3.63) is 30.0 Å². The van der Waals surface area contributed by atoms with Gasteiger partial charge >= 0.3 is 5.97 Å². The number of aromatic hydroxyl groups is 1. The molecular weight excluding hydrogens is 296 g/mol. The lowest BCUT2D eigenvalue weighted by molar-refractivity contribution is -0.136. The molecule has 0 amide bonds. The van der Waals surface area contributed by atoms with Crippen molar-refractivity contribution in [1.82, 2.24) is 10.2 Å². The molecule has 1 aromatic heterocycles. The normalized spacial score (nSPS) is 10.7. The molecule has 0 bridgehead atoms. The molecule has 0 saturated heterocycles. The maximum absolute atomic E-state index is 10.7. The Labute approximate surface area is 135 Å². The summed E-state index contributed by atoms with van der Waals surface area (Å²) in [6, 6.07) is 5.12. The molecule has 0 unspecified atom stereocenters. The van der Waals surface area contributed by atoms with Crippen molar-refractivity contribution in [1.29, 1.82) is 0 Å². The molecule has 124 valence electrons. The summed E-state index contributed by atoms with van der Waals surface area (Å²) in [7, 11) is 0. The number of aryl methyl sites for hydroxylation is 1. The van der Waals surface area contributed by atoms with Crippen molar-refractivity contribution in [3.63, 3.8) is 0 Å². The molecular formula is C17H22N2O4. The number of aromatic nitrogens is 2. The van der Waals surface area contributed by atoms with Gasteiger partial charge in [-0.3, -0.25) is 9.89 Å². The van der Waals surface area contributed by atoms with Crippen LogP contribution in [0.5, 0.6) is 11.5 Å². The fourth-order valence-electron chi connectivity index (χ4n) is 2.33. The summed E-state index contributed by atoms with van der Waals surface area (Å²) < 4.78 is 5.61. The topological polar surface area (TPSA) is 95.4 Å². The molecule has 0 radical (unpaired) electrons. The molecule has 3 N–H and O–H groups in total. The quantitative estimate of drug-likeness (QED) is 0.616. The highest BCUT2D eigenvalue weighted by Gasteiger charge is 2.13. The number of ether oxygens (including phenoxy) is 1. The zero-order valence-electron chi connectivity index (χ0n) is 13.2. The predicted octanol–water partition coefficient (Wildman–Crippen LogP) is 3.37. The summed E-state index contributed by atoms with van der Waals surface area (Å²) in [5.74, 6) is -0.162. The van der Waals surface area contributed by atoms with E-state index in [1.165, 1.54) is 0 Å². The largest absolute Gasteiger partial charge is 0.507 e. The van der Waals surface area contributed by atoms with Gasteiger partial charge in [-0.2, -0.15) is 5.10 Å². The number of carbonyl (C=O) groups is 1. The zero-order valence-corrected chi connectivity index (χ0v) is 13.2. The minimum absolute atomic E-state index is 0.0198. The van der Waals surface area contributed by atoms with Crippen LogP contribution in [0.1, 0.15) is 38.2 Å². The monoisotopic (exact) mass is 318 g/mol. The summed E-state index contributed by atoms with van der Waals surface area (Å²) in [6.45, 7) is 2.76. The summed E-state index contributed by atoms with van der Waals surface area (Å²) in [4.78, 5) is 10.7. The number of unbranched alkanes of at least 4 members (excludes halogenated alkanes) is 2. The Balaban J connectivity index is 2.09. The third-order valence-electron chi connectivity index (χ3n) is 3.58. The van der Waals surface area contributed by atoms with Crippen LogP contribution in [0, 0.1) is 0 Å². The fourth-order valence-corrected chi connectivity index (χ4v) is 2.33. The predicted molar refractivity (Wildman–Crippen MR) is 86.7 cm³/mol. The molecule has 0 fully saturated rings. The molecule has 0 atom stereocenters. The minimum Gasteiger partial charge on any atom is -0.507 e. The van der Waals surface area contributed by atoms with Crippen LogP contribution in [0.2, 0.25) is 0 Å². The van der Waals surface area contributed by atoms with E-state index >= 15 is 0 Å². The van der Waals surface area contributed by atoms with Crippen LogP contribution in [0.3, 0.4) is 0 Å². The second kappa shape index (κ2) is 8.22. The lowest BCUT2D eigenvalue weighted by Crippen LogP contribution is -1.98. The Bertz CT molecular complexity index is 652. The van der Waals surface area contributed by atoms with Gasteiger partial charge in [-0.1, -0.05) is 19.8 Å². The maximum Gasteiger partial charge on any atom is 0.303 e. The number of phenolic OH excluding ortho intramolecular Hbond substituents is 1. The van der Waals surface area contributed by atoms with Gasteiger partial charge in [0.25, 0.3) is 0 Å². The van der Waals surface area contributed by atoms with E-state index in [9.17, 15) is 9.90 Å². The first-order chi connectivity index (χ1) is 11.1. The first-order valence-electron chi connectivity index (χ1n) is 7.82. The molecule has 2 rings (SSSR count). The molecule has 1 heterocycles. The third kappa shape index (κ3) is 4.74. The highest BCUT2D eigenvalue weighted by Crippen LogP contribution is 2.33. The van der Waals surface area contributed by atoms with Crippen LogP contribution in [0.4, 0.5) is 0 Å². The molecule has 1 aromatic carbocycles. The molecule has 6 nitrogen and oxygen atoms in total. The van der Waals surface area contributed by atoms with Crippen LogP contribution in [0.15, 0.2) is 24.4 Å². The molecule has 0 spiro atoms. The number of nitrogens with zero attached hydrogens (tertiary/aromatic N) is 1. The Morgan fingerprint density at radius 2 is 2.17 bits per heavy atom. The summed E-state index contributed by atoms with van der Waals surface area (Å²) in [6.07, 6.45) is 5.20. The molecule has 23 heavy (non-hydrogen) atoms. The zero-order chi connectivity index (χ0) is 16.7. The minimum atomic E-state index is -0.864. The van der Waals surface area contributed by atoms with Gasteiger partial charge in [-0.05, 0) is 30.5 Å². The van der Waals surface area contributed by atoms with Gasteiger partial charge in [0.2, 0.25) is 0 Å². The van der Waals surface area contributed by atoms with E-state index in [0.29, 0.717) is 30.0 Å². The average Bonchev–Trinajstić information content (AvgIpc) is 2.98. The van der Waals surface area contributed by atoms with Crippen molar-refractivity contribution in [3.8, 4) is 22.8 Å².